The topological polar surface area (TPSA) is 56.2 Å². The Kier molecular flexibility index (Phi) is 2.40. The maximum Gasteiger partial charge on any atom is 0.396 e. The minimum absolute atomic E-state index is 0.257. The van der Waals surface area contributed by atoms with Gasteiger partial charge in [-0.2, -0.15) is 0 Å². The number of hydrogen-bond acceptors (Lipinski definition) is 4. The Hall–Kier alpha value is -1.13. The highest BCUT2D eigenvalue weighted by molar-refractivity contribution is 7.16. The maximum atomic E-state index is 11.1. The molecule has 0 fully saturated rings. The van der Waals surface area contributed by atoms with Crippen molar-refractivity contribution < 1.29 is 4.42 Å². The van der Waals surface area contributed by atoms with Crippen molar-refractivity contribution in [1.29, 1.82) is 0 Å². The van der Waals surface area contributed by atoms with Gasteiger partial charge in [-0.15, -0.1) is 0 Å². The highest BCUT2D eigenvalue weighted by Crippen LogP contribution is 2.24. The molecular formula is C11H13NO2S. The zero-order valence-corrected chi connectivity index (χ0v) is 9.56. The van der Waals surface area contributed by atoms with Crippen molar-refractivity contribution in [3.05, 3.63) is 33.5 Å². The fourth-order valence-corrected chi connectivity index (χ4v) is 2.36. The normalized spacial score (nSPS) is 12.2. The van der Waals surface area contributed by atoms with Crippen LogP contribution in [-0.2, 0) is 6.42 Å². The summed E-state index contributed by atoms with van der Waals surface area (Å²) in [6, 6.07) is 5.68. The summed E-state index contributed by atoms with van der Waals surface area (Å²) in [4.78, 5) is 10.9. The number of rotatable bonds is 2. The summed E-state index contributed by atoms with van der Waals surface area (Å²) in [5.74, 6) is 0. The quantitative estimate of drug-likeness (QED) is 0.848. The predicted molar refractivity (Wildman–Crippen MR) is 62.3 cm³/mol. The standard InChI is InChI=1S/C11H13NO2S/c1-11(2,12)6-7-4-3-5-8-9(7)15-10(13)14-8/h3-5H,6,12H2,1-2H3. The van der Waals surface area contributed by atoms with Crippen molar-refractivity contribution in [1.82, 2.24) is 0 Å². The van der Waals surface area contributed by atoms with Gasteiger partial charge in [0.1, 0.15) is 5.58 Å². The lowest BCUT2D eigenvalue weighted by atomic mass is 9.96. The van der Waals surface area contributed by atoms with Gasteiger partial charge in [0.25, 0.3) is 0 Å². The second-order valence-electron chi connectivity index (χ2n) is 4.36. The van der Waals surface area contributed by atoms with Gasteiger partial charge in [0.05, 0.1) is 4.70 Å². The SMILES string of the molecule is CC(C)(N)Cc1cccc2oc(=O)sc12. The van der Waals surface area contributed by atoms with Gasteiger partial charge in [-0.25, -0.2) is 4.79 Å². The molecule has 1 aromatic heterocycles. The van der Waals surface area contributed by atoms with Gasteiger partial charge < -0.3 is 10.2 Å². The molecule has 2 N–H and O–H groups in total. The highest BCUT2D eigenvalue weighted by atomic mass is 32.1. The first kappa shape index (κ1) is 10.4. The zero-order chi connectivity index (χ0) is 11.1. The van der Waals surface area contributed by atoms with Gasteiger partial charge in [-0.05, 0) is 31.9 Å². The Balaban J connectivity index is 2.56. The van der Waals surface area contributed by atoms with Crippen LogP contribution in [0.2, 0.25) is 0 Å². The summed E-state index contributed by atoms with van der Waals surface area (Å²) in [5.41, 5.74) is 7.42. The van der Waals surface area contributed by atoms with Crippen LogP contribution < -0.4 is 10.7 Å². The Labute approximate surface area is 91.5 Å². The van der Waals surface area contributed by atoms with E-state index in [1.807, 2.05) is 26.0 Å². The largest absolute Gasteiger partial charge is 0.414 e. The van der Waals surface area contributed by atoms with Gasteiger partial charge in [0, 0.05) is 5.54 Å². The molecule has 0 aliphatic rings. The summed E-state index contributed by atoms with van der Waals surface area (Å²) in [6.45, 7) is 3.93. The van der Waals surface area contributed by atoms with Crippen molar-refractivity contribution in [2.45, 2.75) is 25.8 Å². The van der Waals surface area contributed by atoms with Crippen LogP contribution in [0, 0.1) is 0 Å². The van der Waals surface area contributed by atoms with Crippen LogP contribution in [0.1, 0.15) is 19.4 Å². The van der Waals surface area contributed by atoms with Gasteiger partial charge in [0.2, 0.25) is 0 Å². The second kappa shape index (κ2) is 3.47. The fraction of sp³-hybridized carbons (Fsp3) is 0.364. The summed E-state index contributed by atoms with van der Waals surface area (Å²) < 4.78 is 5.96. The van der Waals surface area contributed by atoms with Crippen molar-refractivity contribution in [2.75, 3.05) is 0 Å². The molecule has 1 aromatic carbocycles. The van der Waals surface area contributed by atoms with Gasteiger partial charge in [-0.1, -0.05) is 23.5 Å². The van der Waals surface area contributed by atoms with E-state index in [2.05, 4.69) is 0 Å². The van der Waals surface area contributed by atoms with Crippen LogP contribution in [0.15, 0.2) is 27.4 Å². The van der Waals surface area contributed by atoms with Gasteiger partial charge >= 0.3 is 4.94 Å². The van der Waals surface area contributed by atoms with Crippen molar-refractivity contribution in [3.8, 4) is 0 Å². The predicted octanol–water partition coefficient (Wildman–Crippen LogP) is 2.13. The first-order valence-electron chi connectivity index (χ1n) is 4.76. The molecule has 0 aliphatic heterocycles. The van der Waals surface area contributed by atoms with E-state index in [-0.39, 0.29) is 10.5 Å². The van der Waals surface area contributed by atoms with Crippen LogP contribution in [0.3, 0.4) is 0 Å². The number of benzene rings is 1. The van der Waals surface area contributed by atoms with Crippen LogP contribution in [0.25, 0.3) is 10.3 Å². The molecule has 0 spiro atoms. The van der Waals surface area contributed by atoms with Crippen molar-refractivity contribution in [2.24, 2.45) is 5.73 Å². The van der Waals surface area contributed by atoms with Crippen molar-refractivity contribution in [3.63, 3.8) is 0 Å². The molecule has 0 radical (unpaired) electrons. The zero-order valence-electron chi connectivity index (χ0n) is 8.74. The molecule has 0 amide bonds. The summed E-state index contributed by atoms with van der Waals surface area (Å²) in [5, 5.41) is 0. The summed E-state index contributed by atoms with van der Waals surface area (Å²) >= 11 is 1.14. The van der Waals surface area contributed by atoms with E-state index >= 15 is 0 Å². The van der Waals surface area contributed by atoms with E-state index in [0.717, 1.165) is 28.0 Å². The maximum absolute atomic E-state index is 11.1. The van der Waals surface area contributed by atoms with Crippen LogP contribution >= 0.6 is 11.3 Å². The molecule has 0 atom stereocenters. The highest BCUT2D eigenvalue weighted by Gasteiger charge is 2.15. The summed E-state index contributed by atoms with van der Waals surface area (Å²) in [7, 11) is 0. The third-order valence-electron chi connectivity index (χ3n) is 2.09. The smallest absolute Gasteiger partial charge is 0.396 e. The molecule has 0 saturated carbocycles. The molecule has 80 valence electrons. The van der Waals surface area contributed by atoms with Crippen LogP contribution in [0.5, 0.6) is 0 Å². The molecule has 0 bridgehead atoms. The number of fused-ring (bicyclic) bond motifs is 1. The van der Waals surface area contributed by atoms with Crippen LogP contribution in [-0.4, -0.2) is 5.54 Å². The number of nitrogens with two attached hydrogens (primary N) is 1. The molecule has 3 nitrogen and oxygen atoms in total. The average Bonchev–Trinajstić information content (AvgIpc) is 2.43. The van der Waals surface area contributed by atoms with Gasteiger partial charge in [-0.3, -0.25) is 0 Å². The minimum atomic E-state index is -0.276. The van der Waals surface area contributed by atoms with Crippen molar-refractivity contribution >= 4 is 21.6 Å². The minimum Gasteiger partial charge on any atom is -0.414 e. The number of hydrogen-bond donors (Lipinski definition) is 1. The van der Waals surface area contributed by atoms with E-state index in [0.29, 0.717) is 5.58 Å². The molecule has 0 aliphatic carbocycles. The van der Waals surface area contributed by atoms with E-state index in [4.69, 9.17) is 10.2 Å². The van der Waals surface area contributed by atoms with Crippen LogP contribution in [0.4, 0.5) is 0 Å². The first-order chi connectivity index (χ1) is 6.96. The molecule has 15 heavy (non-hydrogen) atoms. The lowest BCUT2D eigenvalue weighted by Gasteiger charge is -2.18. The lowest BCUT2D eigenvalue weighted by Crippen LogP contribution is -2.34. The molecular weight excluding hydrogens is 210 g/mol. The first-order valence-corrected chi connectivity index (χ1v) is 5.58. The van der Waals surface area contributed by atoms with Gasteiger partial charge in [0.15, 0.2) is 0 Å². The Morgan fingerprint density at radius 3 is 2.87 bits per heavy atom. The lowest BCUT2D eigenvalue weighted by molar-refractivity contribution is 0.518. The average molecular weight is 223 g/mol. The summed E-state index contributed by atoms with van der Waals surface area (Å²) in [6.07, 6.45) is 0.736. The van der Waals surface area contributed by atoms with E-state index in [9.17, 15) is 4.79 Å². The fourth-order valence-electron chi connectivity index (χ4n) is 1.58. The molecule has 2 aromatic rings. The third-order valence-corrected chi connectivity index (χ3v) is 3.00. The molecule has 4 heteroatoms. The third kappa shape index (κ3) is 2.27. The van der Waals surface area contributed by atoms with E-state index < -0.39 is 0 Å². The second-order valence-corrected chi connectivity index (χ2v) is 5.31. The molecule has 1 heterocycles. The monoisotopic (exact) mass is 223 g/mol. The van der Waals surface area contributed by atoms with E-state index in [1.165, 1.54) is 0 Å². The molecule has 0 unspecified atom stereocenters. The van der Waals surface area contributed by atoms with E-state index in [1.54, 1.807) is 6.07 Å². The Morgan fingerprint density at radius 2 is 2.20 bits per heavy atom. The Bertz CT molecular complexity index is 533. The molecule has 2 rings (SSSR count). The molecule has 0 saturated heterocycles. The Morgan fingerprint density at radius 1 is 1.47 bits per heavy atom.